The predicted octanol–water partition coefficient (Wildman–Crippen LogP) is -0.677. The number of aliphatic imine (C=N–C) groups is 1. The fourth-order valence-corrected chi connectivity index (χ4v) is 2.31. The molecule has 158 valence electrons. The fourth-order valence-electron chi connectivity index (χ4n) is 2.31. The highest BCUT2D eigenvalue weighted by Crippen LogP contribution is 2.18. The van der Waals surface area contributed by atoms with Crippen LogP contribution in [0.4, 0.5) is 11.4 Å². The van der Waals surface area contributed by atoms with Crippen LogP contribution >= 0.6 is 0 Å². The van der Waals surface area contributed by atoms with Crippen molar-refractivity contribution < 1.29 is 19.5 Å². The summed E-state index contributed by atoms with van der Waals surface area (Å²) >= 11 is 0. The molecule has 2 atom stereocenters. The summed E-state index contributed by atoms with van der Waals surface area (Å²) in [5.41, 5.74) is 15.8. The Kier molecular flexibility index (Phi) is 8.41. The van der Waals surface area contributed by atoms with E-state index < -0.39 is 33.9 Å². The molecule has 14 nitrogen and oxygen atoms in total. The van der Waals surface area contributed by atoms with Gasteiger partial charge in [-0.15, -0.1) is 0 Å². The third-order valence-electron chi connectivity index (χ3n) is 3.66. The maximum atomic E-state index is 12.7. The molecule has 29 heavy (non-hydrogen) atoms. The summed E-state index contributed by atoms with van der Waals surface area (Å²) < 4.78 is 0. The van der Waals surface area contributed by atoms with Crippen molar-refractivity contribution in [3.63, 3.8) is 0 Å². The van der Waals surface area contributed by atoms with Crippen LogP contribution in [0.15, 0.2) is 29.3 Å². The van der Waals surface area contributed by atoms with Gasteiger partial charge in [0.2, 0.25) is 0 Å². The van der Waals surface area contributed by atoms with E-state index >= 15 is 0 Å². The number of anilines is 1. The minimum Gasteiger partial charge on any atom is -0.370 e. The van der Waals surface area contributed by atoms with E-state index in [-0.39, 0.29) is 41.7 Å². The SMILES string of the molecule is C[C@H](N)C(=O)N([C@@H](CCCN=C(N)N)C(=O)Nc1ccc([N+](=O)[O-])cc1)[N+](=O)[O-]. The van der Waals surface area contributed by atoms with E-state index in [4.69, 9.17) is 17.2 Å². The molecule has 0 saturated heterocycles. The van der Waals surface area contributed by atoms with Crippen molar-refractivity contribution in [2.24, 2.45) is 22.2 Å². The number of carbonyl (C=O) groups is 2. The number of hydrogen-bond acceptors (Lipinski definition) is 8. The number of carbonyl (C=O) groups excluding carboxylic acids is 2. The van der Waals surface area contributed by atoms with E-state index in [1.54, 1.807) is 0 Å². The minimum atomic E-state index is -1.51. The molecule has 0 aliphatic rings. The van der Waals surface area contributed by atoms with E-state index in [9.17, 15) is 29.8 Å². The smallest absolute Gasteiger partial charge is 0.300 e. The van der Waals surface area contributed by atoms with E-state index in [0.717, 1.165) is 12.1 Å². The van der Waals surface area contributed by atoms with Gasteiger partial charge in [0.15, 0.2) is 17.0 Å². The number of nitro groups is 2. The highest BCUT2D eigenvalue weighted by atomic mass is 16.7. The van der Waals surface area contributed by atoms with Gasteiger partial charge in [0.1, 0.15) is 0 Å². The lowest BCUT2D eigenvalue weighted by molar-refractivity contribution is -0.640. The van der Waals surface area contributed by atoms with Crippen LogP contribution in [0.2, 0.25) is 0 Å². The zero-order valence-corrected chi connectivity index (χ0v) is 15.6. The largest absolute Gasteiger partial charge is 0.370 e. The first-order valence-corrected chi connectivity index (χ1v) is 8.38. The predicted molar refractivity (Wildman–Crippen MR) is 103 cm³/mol. The van der Waals surface area contributed by atoms with Gasteiger partial charge in [0.05, 0.1) is 11.0 Å². The molecule has 0 fully saturated rings. The normalized spacial score (nSPS) is 12.3. The number of nitrogens with two attached hydrogens (primary N) is 3. The van der Waals surface area contributed by atoms with Crippen LogP contribution < -0.4 is 22.5 Å². The van der Waals surface area contributed by atoms with E-state index in [1.165, 1.54) is 19.1 Å². The average Bonchev–Trinajstić information content (AvgIpc) is 2.63. The molecule has 0 aliphatic carbocycles. The highest BCUT2D eigenvalue weighted by Gasteiger charge is 2.39. The Bertz CT molecular complexity index is 791. The summed E-state index contributed by atoms with van der Waals surface area (Å²) in [7, 11) is 0. The Morgan fingerprint density at radius 1 is 1.21 bits per heavy atom. The lowest BCUT2D eigenvalue weighted by Gasteiger charge is -2.23. The quantitative estimate of drug-likeness (QED) is 0.126. The van der Waals surface area contributed by atoms with Crippen LogP contribution in [0.1, 0.15) is 19.8 Å². The molecule has 0 bridgehead atoms. The van der Waals surface area contributed by atoms with Crippen LogP contribution in [0.3, 0.4) is 0 Å². The number of nitro benzene ring substituents is 1. The second kappa shape index (κ2) is 10.5. The number of benzene rings is 1. The van der Waals surface area contributed by atoms with Crippen molar-refractivity contribution in [2.45, 2.75) is 31.8 Å². The molecule has 1 aromatic rings. The maximum Gasteiger partial charge on any atom is 0.300 e. The molecule has 0 spiro atoms. The Labute approximate surface area is 165 Å². The van der Waals surface area contributed by atoms with Crippen LogP contribution in [-0.2, 0) is 9.59 Å². The summed E-state index contributed by atoms with van der Waals surface area (Å²) in [6.07, 6.45) is 0.0296. The average molecular weight is 410 g/mol. The number of hydrogen-bond donors (Lipinski definition) is 4. The summed E-state index contributed by atoms with van der Waals surface area (Å²) in [5.74, 6) is -2.11. The molecular formula is C15H22N8O6. The second-order valence-electron chi connectivity index (χ2n) is 5.97. The van der Waals surface area contributed by atoms with Crippen molar-refractivity contribution in [3.05, 3.63) is 44.5 Å². The van der Waals surface area contributed by atoms with Gasteiger partial charge >= 0.3 is 5.91 Å². The van der Waals surface area contributed by atoms with Gasteiger partial charge in [-0.25, -0.2) is 10.1 Å². The van der Waals surface area contributed by atoms with Crippen molar-refractivity contribution in [3.8, 4) is 0 Å². The summed E-state index contributed by atoms with van der Waals surface area (Å²) in [6, 6.07) is 2.11. The van der Waals surface area contributed by atoms with Gasteiger partial charge in [-0.1, -0.05) is 0 Å². The maximum absolute atomic E-state index is 12.7. The van der Waals surface area contributed by atoms with Crippen LogP contribution in [0, 0.1) is 20.2 Å². The summed E-state index contributed by atoms with van der Waals surface area (Å²) in [4.78, 5) is 50.1. The van der Waals surface area contributed by atoms with Crippen molar-refractivity contribution in [1.29, 1.82) is 0 Å². The molecule has 1 rings (SSSR count). The lowest BCUT2D eigenvalue weighted by Crippen LogP contribution is -2.54. The lowest BCUT2D eigenvalue weighted by atomic mass is 10.1. The third kappa shape index (κ3) is 7.02. The van der Waals surface area contributed by atoms with Gasteiger partial charge in [-0.2, -0.15) is 0 Å². The molecule has 0 radical (unpaired) electrons. The number of amides is 2. The van der Waals surface area contributed by atoms with Crippen LogP contribution in [0.5, 0.6) is 0 Å². The zero-order valence-electron chi connectivity index (χ0n) is 15.6. The number of guanidine groups is 1. The Morgan fingerprint density at radius 2 is 1.79 bits per heavy atom. The molecule has 0 aromatic heterocycles. The number of rotatable bonds is 10. The Hall–Kier alpha value is -3.81. The molecule has 7 N–H and O–H groups in total. The monoisotopic (exact) mass is 410 g/mol. The zero-order chi connectivity index (χ0) is 22.1. The second-order valence-corrected chi connectivity index (χ2v) is 5.97. The van der Waals surface area contributed by atoms with Crippen molar-refractivity contribution in [1.82, 2.24) is 5.01 Å². The number of nitrogens with zero attached hydrogens (tertiary/aromatic N) is 4. The number of non-ortho nitro benzene ring substituents is 1. The van der Waals surface area contributed by atoms with E-state index in [1.807, 2.05) is 0 Å². The van der Waals surface area contributed by atoms with Gasteiger partial charge in [-0.3, -0.25) is 24.7 Å². The molecule has 0 unspecified atom stereocenters. The summed E-state index contributed by atoms with van der Waals surface area (Å²) in [6.45, 7) is 1.34. The van der Waals surface area contributed by atoms with E-state index in [0.29, 0.717) is 0 Å². The number of hydrazine groups is 1. The molecule has 14 heteroatoms. The van der Waals surface area contributed by atoms with Crippen molar-refractivity contribution >= 4 is 29.1 Å². The highest BCUT2D eigenvalue weighted by molar-refractivity contribution is 5.97. The molecule has 1 aromatic carbocycles. The molecule has 0 aliphatic heterocycles. The minimum absolute atomic E-state index is 0.0849. The molecule has 0 saturated carbocycles. The van der Waals surface area contributed by atoms with Gasteiger partial charge in [-0.05, 0) is 36.9 Å². The van der Waals surface area contributed by atoms with E-state index in [2.05, 4.69) is 10.3 Å². The molecule has 2 amide bonds. The van der Waals surface area contributed by atoms with Gasteiger partial charge in [0, 0.05) is 24.4 Å². The summed E-state index contributed by atoms with van der Waals surface area (Å²) in [5, 5.41) is 23.7. The van der Waals surface area contributed by atoms with Crippen molar-refractivity contribution in [2.75, 3.05) is 11.9 Å². The number of nitrogens with one attached hydrogen (secondary N) is 1. The van der Waals surface area contributed by atoms with Gasteiger partial charge < -0.3 is 22.5 Å². The third-order valence-corrected chi connectivity index (χ3v) is 3.66. The first-order valence-electron chi connectivity index (χ1n) is 8.38. The Morgan fingerprint density at radius 3 is 2.24 bits per heavy atom. The van der Waals surface area contributed by atoms with Crippen LogP contribution in [-0.4, -0.2) is 51.4 Å². The van der Waals surface area contributed by atoms with Crippen LogP contribution in [0.25, 0.3) is 0 Å². The molecule has 0 heterocycles. The molecular weight excluding hydrogens is 388 g/mol. The topological polar surface area (TPSA) is 226 Å². The fraction of sp³-hybridized carbons (Fsp3) is 0.400. The van der Waals surface area contributed by atoms with Gasteiger partial charge in [0.25, 0.3) is 11.6 Å². The Balaban J connectivity index is 3.07. The standard InChI is InChI=1S/C15H22N8O6/c1-9(16)14(25)21(23(28)29)12(3-2-8-19-15(17)18)13(24)20-10-4-6-11(7-5-10)22(26)27/h4-7,9,12H,2-3,8,16H2,1H3,(H,20,24)(H4,17,18,19)/t9-,12-/m0/s1. The first-order chi connectivity index (χ1) is 13.5. The first kappa shape index (κ1) is 23.2.